The van der Waals surface area contributed by atoms with Crippen LogP contribution in [0.1, 0.15) is 11.1 Å². The fourth-order valence-corrected chi connectivity index (χ4v) is 4.38. The number of hydrogen-bond donors (Lipinski definition) is 1. The molecule has 0 aliphatic rings. The van der Waals surface area contributed by atoms with Crippen molar-refractivity contribution in [3.8, 4) is 17.6 Å². The molecule has 0 saturated heterocycles. The second-order valence-corrected chi connectivity index (χ2v) is 9.40. The van der Waals surface area contributed by atoms with Crippen LogP contribution < -0.4 is 14.2 Å². The van der Waals surface area contributed by atoms with Crippen molar-refractivity contribution in [3.05, 3.63) is 87.4 Å². The summed E-state index contributed by atoms with van der Waals surface area (Å²) in [6.07, 6.45) is 1.15. The minimum Gasteiger partial charge on any atom is -0.497 e. The second-order valence-electron chi connectivity index (χ2n) is 7.01. The van der Waals surface area contributed by atoms with Gasteiger partial charge in [-0.2, -0.15) is 13.7 Å². The number of amides is 1. The average Bonchev–Trinajstić information content (AvgIpc) is 2.80. The van der Waals surface area contributed by atoms with Crippen molar-refractivity contribution in [1.29, 1.82) is 5.26 Å². The van der Waals surface area contributed by atoms with E-state index < -0.39 is 16.0 Å². The molecule has 10 heteroatoms. The molecule has 34 heavy (non-hydrogen) atoms. The van der Waals surface area contributed by atoms with Gasteiger partial charge in [0.1, 0.15) is 22.3 Å². The molecule has 3 aromatic carbocycles. The lowest BCUT2D eigenvalue weighted by molar-refractivity contribution is -0.112. The SMILES string of the molecule is COc1ccc(NC(=O)/C(C#N)=C/c2cc(Cl)cc(Cl)c2OS(=O)(=O)c2ccc(C)cc2)cc1. The Kier molecular flexibility index (Phi) is 7.84. The van der Waals surface area contributed by atoms with Gasteiger partial charge >= 0.3 is 10.1 Å². The number of nitrogens with one attached hydrogen (secondary N) is 1. The van der Waals surface area contributed by atoms with E-state index in [-0.39, 0.29) is 31.8 Å². The molecule has 0 radical (unpaired) electrons. The third-order valence-electron chi connectivity index (χ3n) is 4.55. The molecular formula is C24H18Cl2N2O5S. The molecule has 0 heterocycles. The Labute approximate surface area is 207 Å². The number of hydrogen-bond acceptors (Lipinski definition) is 6. The molecule has 0 saturated carbocycles. The maximum atomic E-state index is 12.8. The number of benzene rings is 3. The molecule has 0 spiro atoms. The quantitative estimate of drug-likeness (QED) is 0.248. The predicted molar refractivity (Wildman–Crippen MR) is 131 cm³/mol. The first-order valence-electron chi connectivity index (χ1n) is 9.70. The van der Waals surface area contributed by atoms with Crippen LogP contribution in [0.2, 0.25) is 10.0 Å². The molecule has 3 aromatic rings. The van der Waals surface area contributed by atoms with Crippen LogP contribution in [0.3, 0.4) is 0 Å². The highest BCUT2D eigenvalue weighted by molar-refractivity contribution is 7.87. The van der Waals surface area contributed by atoms with Crippen molar-refractivity contribution in [1.82, 2.24) is 0 Å². The lowest BCUT2D eigenvalue weighted by Gasteiger charge is -2.13. The third-order valence-corrected chi connectivity index (χ3v) is 6.29. The van der Waals surface area contributed by atoms with E-state index in [9.17, 15) is 18.5 Å². The molecule has 3 rings (SSSR count). The van der Waals surface area contributed by atoms with Gasteiger partial charge in [0.25, 0.3) is 5.91 Å². The molecule has 0 bridgehead atoms. The van der Waals surface area contributed by atoms with Gasteiger partial charge in [0.15, 0.2) is 5.75 Å². The lowest BCUT2D eigenvalue weighted by Crippen LogP contribution is -2.14. The van der Waals surface area contributed by atoms with E-state index in [4.69, 9.17) is 32.1 Å². The van der Waals surface area contributed by atoms with E-state index in [1.54, 1.807) is 42.5 Å². The number of rotatable bonds is 7. The summed E-state index contributed by atoms with van der Waals surface area (Å²) < 4.78 is 36.0. The fourth-order valence-electron chi connectivity index (χ4n) is 2.82. The van der Waals surface area contributed by atoms with Crippen molar-refractivity contribution >= 4 is 51.0 Å². The maximum absolute atomic E-state index is 12.8. The van der Waals surface area contributed by atoms with Crippen LogP contribution >= 0.6 is 23.2 Å². The molecule has 1 amide bonds. The van der Waals surface area contributed by atoms with Gasteiger partial charge in [-0.15, -0.1) is 0 Å². The molecule has 0 aromatic heterocycles. The Morgan fingerprint density at radius 2 is 1.71 bits per heavy atom. The molecular weight excluding hydrogens is 499 g/mol. The average molecular weight is 517 g/mol. The highest BCUT2D eigenvalue weighted by atomic mass is 35.5. The van der Waals surface area contributed by atoms with Crippen LogP contribution in [-0.4, -0.2) is 21.4 Å². The summed E-state index contributed by atoms with van der Waals surface area (Å²) in [4.78, 5) is 12.6. The van der Waals surface area contributed by atoms with Crippen molar-refractivity contribution in [2.24, 2.45) is 0 Å². The normalized spacial score (nSPS) is 11.4. The summed E-state index contributed by atoms with van der Waals surface area (Å²) in [5.41, 5.74) is 1.00. The number of nitriles is 1. The first kappa shape index (κ1) is 25.1. The minimum atomic E-state index is -4.26. The molecule has 0 unspecified atom stereocenters. The monoisotopic (exact) mass is 516 g/mol. The smallest absolute Gasteiger partial charge is 0.339 e. The highest BCUT2D eigenvalue weighted by Gasteiger charge is 2.22. The Hall–Kier alpha value is -3.51. The van der Waals surface area contributed by atoms with E-state index in [1.165, 1.54) is 31.4 Å². The van der Waals surface area contributed by atoms with Crippen LogP contribution in [0, 0.1) is 18.3 Å². The Morgan fingerprint density at radius 3 is 2.29 bits per heavy atom. The zero-order valence-corrected chi connectivity index (χ0v) is 20.3. The minimum absolute atomic E-state index is 0.0367. The Bertz CT molecular complexity index is 1400. The standard InChI is InChI=1S/C24H18Cl2N2O5S/c1-15-3-9-21(10-4-15)34(30,31)33-23-16(12-18(25)13-22(23)26)11-17(14-27)24(29)28-19-5-7-20(32-2)8-6-19/h3-13H,1-2H3,(H,28,29)/b17-11+. The van der Waals surface area contributed by atoms with E-state index in [0.717, 1.165) is 11.6 Å². The fraction of sp³-hybridized carbons (Fsp3) is 0.0833. The van der Waals surface area contributed by atoms with Crippen LogP contribution in [0.4, 0.5) is 5.69 Å². The molecule has 174 valence electrons. The number of carbonyl (C=O) groups excluding carboxylic acids is 1. The van der Waals surface area contributed by atoms with Crippen LogP contribution in [0.25, 0.3) is 6.08 Å². The lowest BCUT2D eigenvalue weighted by atomic mass is 10.1. The summed E-state index contributed by atoms with van der Waals surface area (Å²) in [6, 6.07) is 17.0. The molecule has 7 nitrogen and oxygen atoms in total. The van der Waals surface area contributed by atoms with Crippen molar-refractivity contribution in [2.45, 2.75) is 11.8 Å². The Morgan fingerprint density at radius 1 is 1.06 bits per heavy atom. The number of ether oxygens (including phenoxy) is 1. The van der Waals surface area contributed by atoms with Gasteiger partial charge in [-0.3, -0.25) is 4.79 Å². The zero-order chi connectivity index (χ0) is 24.9. The molecule has 0 atom stereocenters. The van der Waals surface area contributed by atoms with Crippen molar-refractivity contribution in [3.63, 3.8) is 0 Å². The van der Waals surface area contributed by atoms with Gasteiger partial charge in [-0.25, -0.2) is 0 Å². The van der Waals surface area contributed by atoms with Crippen LogP contribution in [0.15, 0.2) is 71.1 Å². The molecule has 0 aliphatic heterocycles. The summed E-state index contributed by atoms with van der Waals surface area (Å²) in [5, 5.41) is 12.2. The maximum Gasteiger partial charge on any atom is 0.339 e. The van der Waals surface area contributed by atoms with Gasteiger partial charge < -0.3 is 14.2 Å². The number of halogens is 2. The van der Waals surface area contributed by atoms with Gasteiger partial charge in [0, 0.05) is 16.3 Å². The van der Waals surface area contributed by atoms with Gasteiger partial charge in [-0.1, -0.05) is 40.9 Å². The van der Waals surface area contributed by atoms with Crippen LogP contribution in [0.5, 0.6) is 11.5 Å². The summed E-state index contributed by atoms with van der Waals surface area (Å²) in [5.74, 6) is -0.396. The van der Waals surface area contributed by atoms with Gasteiger partial charge in [0.05, 0.1) is 12.1 Å². The Balaban J connectivity index is 1.96. The first-order chi connectivity index (χ1) is 16.1. The van der Waals surface area contributed by atoms with Gasteiger partial charge in [-0.05, 0) is 61.5 Å². The summed E-state index contributed by atoms with van der Waals surface area (Å²) >= 11 is 12.3. The number of anilines is 1. The van der Waals surface area contributed by atoms with E-state index in [0.29, 0.717) is 11.4 Å². The summed E-state index contributed by atoms with van der Waals surface area (Å²) in [6.45, 7) is 1.82. The number of carbonyl (C=O) groups is 1. The number of aryl methyl sites for hydroxylation is 1. The molecule has 0 fully saturated rings. The van der Waals surface area contributed by atoms with Crippen LogP contribution in [-0.2, 0) is 14.9 Å². The van der Waals surface area contributed by atoms with Gasteiger partial charge in [0.2, 0.25) is 0 Å². The number of methoxy groups -OCH3 is 1. The van der Waals surface area contributed by atoms with Crippen molar-refractivity contribution in [2.75, 3.05) is 12.4 Å². The highest BCUT2D eigenvalue weighted by Crippen LogP contribution is 2.36. The zero-order valence-electron chi connectivity index (χ0n) is 18.0. The van der Waals surface area contributed by atoms with Crippen molar-refractivity contribution < 1.29 is 22.1 Å². The topological polar surface area (TPSA) is 105 Å². The third kappa shape index (κ3) is 6.08. The number of nitrogens with zero attached hydrogens (tertiary/aromatic N) is 1. The molecule has 0 aliphatic carbocycles. The second kappa shape index (κ2) is 10.6. The van der Waals surface area contributed by atoms with E-state index in [1.807, 2.05) is 6.92 Å². The first-order valence-corrected chi connectivity index (χ1v) is 11.9. The van der Waals surface area contributed by atoms with E-state index >= 15 is 0 Å². The van der Waals surface area contributed by atoms with E-state index in [2.05, 4.69) is 5.32 Å². The molecule has 1 N–H and O–H groups in total. The summed E-state index contributed by atoms with van der Waals surface area (Å²) in [7, 11) is -2.75. The predicted octanol–water partition coefficient (Wildman–Crippen LogP) is 5.62. The largest absolute Gasteiger partial charge is 0.497 e.